The summed E-state index contributed by atoms with van der Waals surface area (Å²) < 4.78 is 11.4. The molecule has 4 N–H and O–H groups in total. The van der Waals surface area contributed by atoms with Crippen LogP contribution in [0, 0.1) is 16.7 Å². The van der Waals surface area contributed by atoms with E-state index in [1.807, 2.05) is 4.90 Å². The minimum Gasteiger partial charge on any atom is -0.457 e. The minimum atomic E-state index is -0.554. The van der Waals surface area contributed by atoms with Crippen LogP contribution in [-0.2, 0) is 20.9 Å². The molecule has 0 radical (unpaired) electrons. The van der Waals surface area contributed by atoms with E-state index in [2.05, 4.69) is 0 Å². The molecule has 0 bridgehead atoms. The summed E-state index contributed by atoms with van der Waals surface area (Å²) in [5, 5.41) is 17.5. The van der Waals surface area contributed by atoms with Gasteiger partial charge in [-0.1, -0.05) is 17.8 Å². The van der Waals surface area contributed by atoms with E-state index >= 15 is 0 Å². The molecule has 3 heterocycles. The van der Waals surface area contributed by atoms with Crippen LogP contribution in [0.2, 0.25) is 0 Å². The Hall–Kier alpha value is -3.70. The summed E-state index contributed by atoms with van der Waals surface area (Å²) in [5.41, 5.74) is 7.26. The lowest BCUT2D eigenvalue weighted by molar-refractivity contribution is -0.129. The van der Waals surface area contributed by atoms with Crippen molar-refractivity contribution in [3.8, 4) is 11.5 Å². The molecule has 3 amide bonds. The van der Waals surface area contributed by atoms with E-state index in [0.29, 0.717) is 77.4 Å². The smallest absolute Gasteiger partial charge is 0.248 e. The SMILES string of the molecule is N=C(SC(=N)C1CCOCC1)c1ccc(Oc2cc(C(N)=O)ccc2CN2CCCC2=O)cc1.O=C1CCCN1C1CC1. The van der Waals surface area contributed by atoms with E-state index in [0.717, 1.165) is 44.2 Å². The number of ether oxygens (including phenoxy) is 2. The third-order valence-corrected chi connectivity index (χ3v) is 9.12. The van der Waals surface area contributed by atoms with Crippen molar-refractivity contribution in [2.24, 2.45) is 11.7 Å². The molecule has 11 heteroatoms. The van der Waals surface area contributed by atoms with E-state index in [-0.39, 0.29) is 11.8 Å². The summed E-state index contributed by atoms with van der Waals surface area (Å²) in [6, 6.07) is 12.7. The molecule has 2 aromatic carbocycles. The van der Waals surface area contributed by atoms with Crippen LogP contribution in [0.1, 0.15) is 72.9 Å². The molecule has 10 nitrogen and oxygen atoms in total. The normalized spacial score (nSPS) is 18.8. The van der Waals surface area contributed by atoms with Gasteiger partial charge in [-0.3, -0.25) is 25.2 Å². The van der Waals surface area contributed by atoms with Crippen LogP contribution in [0.3, 0.4) is 0 Å². The standard InChI is InChI=1S/C25H28N4O4S.C7H11NO/c26-23(31)18-3-4-19(15-29-11-1-2-22(29)30)21(14-18)33-20-7-5-16(6-8-20)24(27)34-25(28)17-9-12-32-13-10-17;9-7-2-1-5-8(7)6-3-4-6/h3-8,14,17,27-28H,1-2,9-13,15H2,(H2,26,31);6H,1-5H2. The molecule has 0 atom stereocenters. The number of hydrogen-bond acceptors (Lipinski definition) is 8. The zero-order chi connectivity index (χ0) is 30.3. The molecule has 6 rings (SSSR count). The van der Waals surface area contributed by atoms with Crippen LogP contribution in [0.25, 0.3) is 0 Å². The molecule has 4 fully saturated rings. The molecule has 228 valence electrons. The second-order valence-electron chi connectivity index (χ2n) is 11.3. The van der Waals surface area contributed by atoms with Crippen molar-refractivity contribution in [2.75, 3.05) is 26.3 Å². The maximum Gasteiger partial charge on any atom is 0.248 e. The number of nitrogens with zero attached hydrogens (tertiary/aromatic N) is 2. The maximum absolute atomic E-state index is 12.1. The Kier molecular flexibility index (Phi) is 10.1. The third-order valence-electron chi connectivity index (χ3n) is 8.13. The Bertz CT molecular complexity index is 1370. The number of primary amides is 1. The summed E-state index contributed by atoms with van der Waals surface area (Å²) >= 11 is 1.18. The highest BCUT2D eigenvalue weighted by atomic mass is 32.2. The van der Waals surface area contributed by atoms with Crippen molar-refractivity contribution in [3.05, 3.63) is 59.2 Å². The molecule has 1 aliphatic carbocycles. The average Bonchev–Trinajstić information content (AvgIpc) is 3.64. The highest BCUT2D eigenvalue weighted by Gasteiger charge is 2.34. The van der Waals surface area contributed by atoms with Crippen LogP contribution in [0.4, 0.5) is 0 Å². The van der Waals surface area contributed by atoms with Crippen molar-refractivity contribution in [1.29, 1.82) is 10.8 Å². The zero-order valence-electron chi connectivity index (χ0n) is 24.3. The fraction of sp³-hybridized carbons (Fsp3) is 0.469. The molecule has 4 aliphatic rings. The van der Waals surface area contributed by atoms with E-state index in [1.54, 1.807) is 47.4 Å². The third kappa shape index (κ3) is 8.23. The maximum atomic E-state index is 12.1. The van der Waals surface area contributed by atoms with Crippen molar-refractivity contribution in [2.45, 2.75) is 64.0 Å². The Morgan fingerprint density at radius 3 is 2.21 bits per heavy atom. The topological polar surface area (TPSA) is 150 Å². The van der Waals surface area contributed by atoms with Gasteiger partial charge < -0.3 is 25.0 Å². The van der Waals surface area contributed by atoms with Gasteiger partial charge in [0.05, 0.1) is 5.04 Å². The quantitative estimate of drug-likeness (QED) is 0.287. The van der Waals surface area contributed by atoms with Crippen LogP contribution in [-0.4, -0.2) is 70.0 Å². The molecule has 0 aromatic heterocycles. The fourth-order valence-corrected chi connectivity index (χ4v) is 6.34. The largest absolute Gasteiger partial charge is 0.457 e. The predicted octanol–water partition coefficient (Wildman–Crippen LogP) is 4.93. The molecular formula is C32H39N5O5S. The van der Waals surface area contributed by atoms with Gasteiger partial charge in [-0.25, -0.2) is 0 Å². The number of benzene rings is 2. The van der Waals surface area contributed by atoms with Gasteiger partial charge in [0.15, 0.2) is 0 Å². The highest BCUT2D eigenvalue weighted by Crippen LogP contribution is 2.31. The molecule has 1 saturated carbocycles. The first-order valence-corrected chi connectivity index (χ1v) is 15.8. The van der Waals surface area contributed by atoms with Crippen LogP contribution in [0.5, 0.6) is 11.5 Å². The van der Waals surface area contributed by atoms with Gasteiger partial charge in [-0.2, -0.15) is 0 Å². The van der Waals surface area contributed by atoms with Gasteiger partial charge in [0.2, 0.25) is 17.7 Å². The van der Waals surface area contributed by atoms with Gasteiger partial charge >= 0.3 is 0 Å². The second-order valence-corrected chi connectivity index (χ2v) is 12.4. The van der Waals surface area contributed by atoms with Crippen molar-refractivity contribution >= 4 is 39.6 Å². The average molecular weight is 606 g/mol. The van der Waals surface area contributed by atoms with Gasteiger partial charge in [0.25, 0.3) is 0 Å². The zero-order valence-corrected chi connectivity index (χ0v) is 25.1. The highest BCUT2D eigenvalue weighted by molar-refractivity contribution is 8.26. The molecule has 43 heavy (non-hydrogen) atoms. The number of thioether (sulfide) groups is 1. The van der Waals surface area contributed by atoms with Crippen molar-refractivity contribution in [1.82, 2.24) is 9.80 Å². The Morgan fingerprint density at radius 1 is 0.930 bits per heavy atom. The van der Waals surface area contributed by atoms with Crippen LogP contribution >= 0.6 is 11.8 Å². The first-order valence-electron chi connectivity index (χ1n) is 15.0. The summed E-state index contributed by atoms with van der Waals surface area (Å²) in [6.45, 7) is 3.47. The number of amides is 3. The number of nitrogens with one attached hydrogen (secondary N) is 2. The van der Waals surface area contributed by atoms with Gasteiger partial charge in [-0.15, -0.1) is 0 Å². The summed E-state index contributed by atoms with van der Waals surface area (Å²) in [4.78, 5) is 38.6. The fourth-order valence-electron chi connectivity index (χ4n) is 5.46. The van der Waals surface area contributed by atoms with Crippen LogP contribution in [0.15, 0.2) is 42.5 Å². The lowest BCUT2D eigenvalue weighted by Crippen LogP contribution is -2.26. The monoisotopic (exact) mass is 605 g/mol. The minimum absolute atomic E-state index is 0.108. The molecule has 3 aliphatic heterocycles. The number of likely N-dealkylation sites (tertiary alicyclic amines) is 2. The van der Waals surface area contributed by atoms with E-state index in [9.17, 15) is 14.4 Å². The summed E-state index contributed by atoms with van der Waals surface area (Å²) in [5.74, 6) is 1.10. The first kappa shape index (κ1) is 30.7. The molecule has 0 spiro atoms. The van der Waals surface area contributed by atoms with Crippen molar-refractivity contribution in [3.63, 3.8) is 0 Å². The summed E-state index contributed by atoms with van der Waals surface area (Å²) in [6.07, 6.45) is 7.44. The molecule has 2 aromatic rings. The Morgan fingerprint density at radius 2 is 1.60 bits per heavy atom. The molecular weight excluding hydrogens is 566 g/mol. The van der Waals surface area contributed by atoms with E-state index < -0.39 is 5.91 Å². The van der Waals surface area contributed by atoms with E-state index in [1.165, 1.54) is 24.6 Å². The predicted molar refractivity (Wildman–Crippen MR) is 166 cm³/mol. The van der Waals surface area contributed by atoms with Crippen molar-refractivity contribution < 1.29 is 23.9 Å². The van der Waals surface area contributed by atoms with Crippen LogP contribution < -0.4 is 10.5 Å². The lowest BCUT2D eigenvalue weighted by Gasteiger charge is -2.22. The summed E-state index contributed by atoms with van der Waals surface area (Å²) in [7, 11) is 0. The number of hydrogen-bond donors (Lipinski definition) is 3. The lowest BCUT2D eigenvalue weighted by atomic mass is 10.0. The Labute approximate surface area is 256 Å². The molecule has 0 unspecified atom stereocenters. The number of carbonyl (C=O) groups is 3. The van der Waals surface area contributed by atoms with Gasteiger partial charge in [-0.05, 0) is 74.9 Å². The van der Waals surface area contributed by atoms with Gasteiger partial charge in [0, 0.05) is 74.3 Å². The number of rotatable bonds is 8. The first-order chi connectivity index (χ1) is 20.8. The van der Waals surface area contributed by atoms with E-state index in [4.69, 9.17) is 26.0 Å². The Balaban J connectivity index is 0.000000345. The molecule has 3 saturated heterocycles. The number of carbonyl (C=O) groups excluding carboxylic acids is 3. The number of nitrogens with two attached hydrogens (primary N) is 1. The van der Waals surface area contributed by atoms with Gasteiger partial charge in [0.1, 0.15) is 16.5 Å². The second kappa shape index (κ2) is 14.2.